The molecule has 0 atom stereocenters. The SMILES string of the molecule is c1ccc(-c2cc(-c3ccccc3)nc(-c3ccc(-n4c5ccccc5c5c6ccc(-c7ccc8ccc(-c9cccc%10ccccc9%10)cc8c7)cc6ccc54)cc3)n2)cc1. The largest absolute Gasteiger partial charge is 0.309 e. The summed E-state index contributed by atoms with van der Waals surface area (Å²) in [5, 5.41) is 9.96. The lowest BCUT2D eigenvalue weighted by Gasteiger charge is -2.12. The molecule has 0 spiro atoms. The average molecular weight is 776 g/mol. The van der Waals surface area contributed by atoms with E-state index in [9.17, 15) is 0 Å². The highest BCUT2D eigenvalue weighted by atomic mass is 15.0. The molecular formula is C58H37N3. The van der Waals surface area contributed by atoms with Crippen LogP contribution in [0.5, 0.6) is 0 Å². The maximum absolute atomic E-state index is 5.08. The fraction of sp³-hybridized carbons (Fsp3) is 0. The van der Waals surface area contributed by atoms with E-state index in [2.05, 4.69) is 217 Å². The van der Waals surface area contributed by atoms with Gasteiger partial charge in [-0.25, -0.2) is 9.97 Å². The zero-order valence-electron chi connectivity index (χ0n) is 33.2. The van der Waals surface area contributed by atoms with Crippen molar-refractivity contribution in [2.75, 3.05) is 0 Å². The van der Waals surface area contributed by atoms with Crippen LogP contribution in [0.15, 0.2) is 224 Å². The Morgan fingerprint density at radius 1 is 0.295 bits per heavy atom. The molecule has 2 heterocycles. The molecule has 0 amide bonds. The molecule has 3 heteroatoms. The van der Waals surface area contributed by atoms with Crippen LogP contribution < -0.4 is 0 Å². The van der Waals surface area contributed by atoms with Crippen molar-refractivity contribution in [3.05, 3.63) is 224 Å². The summed E-state index contributed by atoms with van der Waals surface area (Å²) in [7, 11) is 0. The smallest absolute Gasteiger partial charge is 0.160 e. The molecule has 12 rings (SSSR count). The Balaban J connectivity index is 0.928. The molecule has 284 valence electrons. The Hall–Kier alpha value is -8.14. The Bertz CT molecular complexity index is 3560. The lowest BCUT2D eigenvalue weighted by atomic mass is 9.94. The molecule has 0 aliphatic heterocycles. The van der Waals surface area contributed by atoms with Crippen LogP contribution in [0.2, 0.25) is 0 Å². The van der Waals surface area contributed by atoms with Crippen molar-refractivity contribution in [2.45, 2.75) is 0 Å². The standard InChI is InChI=1S/C58H37N3/c1-3-13-40(14-4-1)53-37-54(41-15-5-2-6-16-41)60-58(59-53)42-26-30-48(31-27-42)61-55-21-10-9-19-52(55)57-51-32-28-44(34-46(51)29-33-56(57)61)43-24-22-38-23-25-45(36-47(38)35-43)50-20-11-17-39-12-7-8-18-49(39)50/h1-37H. The van der Waals surface area contributed by atoms with E-state index in [1.807, 2.05) is 12.1 Å². The van der Waals surface area contributed by atoms with Gasteiger partial charge in [0.2, 0.25) is 0 Å². The van der Waals surface area contributed by atoms with Crippen molar-refractivity contribution in [1.82, 2.24) is 14.5 Å². The second-order valence-electron chi connectivity index (χ2n) is 15.8. The monoisotopic (exact) mass is 775 g/mol. The zero-order chi connectivity index (χ0) is 40.3. The van der Waals surface area contributed by atoms with Gasteiger partial charge in [0.05, 0.1) is 22.4 Å². The Kier molecular flexibility index (Phi) is 8.17. The molecule has 0 radical (unpaired) electrons. The molecule has 0 fully saturated rings. The number of para-hydroxylation sites is 1. The van der Waals surface area contributed by atoms with E-state index in [0.29, 0.717) is 5.82 Å². The number of benzene rings is 10. The molecule has 0 saturated carbocycles. The average Bonchev–Trinajstić information content (AvgIpc) is 3.68. The molecule has 10 aromatic carbocycles. The Morgan fingerprint density at radius 2 is 0.869 bits per heavy atom. The van der Waals surface area contributed by atoms with Crippen LogP contribution in [0.3, 0.4) is 0 Å². The summed E-state index contributed by atoms with van der Waals surface area (Å²) < 4.78 is 2.38. The molecule has 0 N–H and O–H groups in total. The first kappa shape index (κ1) is 34.9. The van der Waals surface area contributed by atoms with E-state index in [4.69, 9.17) is 9.97 Å². The summed E-state index contributed by atoms with van der Waals surface area (Å²) >= 11 is 0. The second-order valence-corrected chi connectivity index (χ2v) is 15.8. The van der Waals surface area contributed by atoms with Gasteiger partial charge < -0.3 is 4.57 Å². The third kappa shape index (κ3) is 6.06. The van der Waals surface area contributed by atoms with Gasteiger partial charge >= 0.3 is 0 Å². The Morgan fingerprint density at radius 3 is 1.62 bits per heavy atom. The maximum Gasteiger partial charge on any atom is 0.160 e. The normalized spacial score (nSPS) is 11.6. The Labute approximate surface area is 353 Å². The van der Waals surface area contributed by atoms with E-state index in [-0.39, 0.29) is 0 Å². The molecule has 0 aliphatic carbocycles. The van der Waals surface area contributed by atoms with Crippen molar-refractivity contribution in [1.29, 1.82) is 0 Å². The molecule has 12 aromatic rings. The van der Waals surface area contributed by atoms with Gasteiger partial charge in [-0.15, -0.1) is 0 Å². The number of aromatic nitrogens is 3. The maximum atomic E-state index is 5.08. The van der Waals surface area contributed by atoms with Gasteiger partial charge in [0.15, 0.2) is 5.82 Å². The van der Waals surface area contributed by atoms with Gasteiger partial charge in [0.25, 0.3) is 0 Å². The molecule has 0 aliphatic rings. The van der Waals surface area contributed by atoms with Crippen molar-refractivity contribution in [3.63, 3.8) is 0 Å². The summed E-state index contributed by atoms with van der Waals surface area (Å²) in [5.74, 6) is 0.701. The summed E-state index contributed by atoms with van der Waals surface area (Å²) in [4.78, 5) is 10.2. The number of nitrogens with zero attached hydrogens (tertiary/aromatic N) is 3. The lowest BCUT2D eigenvalue weighted by molar-refractivity contribution is 1.16. The first-order chi connectivity index (χ1) is 30.2. The molecule has 0 unspecified atom stereocenters. The molecule has 61 heavy (non-hydrogen) atoms. The van der Waals surface area contributed by atoms with E-state index < -0.39 is 0 Å². The first-order valence-electron chi connectivity index (χ1n) is 20.8. The van der Waals surface area contributed by atoms with Crippen LogP contribution in [-0.2, 0) is 0 Å². The predicted octanol–water partition coefficient (Wildman–Crippen LogP) is 15.4. The highest BCUT2D eigenvalue weighted by molar-refractivity contribution is 6.21. The summed E-state index contributed by atoms with van der Waals surface area (Å²) in [5.41, 5.74) is 13.2. The minimum absolute atomic E-state index is 0.701. The van der Waals surface area contributed by atoms with Crippen LogP contribution >= 0.6 is 0 Å². The number of rotatable bonds is 6. The highest BCUT2D eigenvalue weighted by Gasteiger charge is 2.17. The summed E-state index contributed by atoms with van der Waals surface area (Å²) in [6.07, 6.45) is 0. The molecule has 3 nitrogen and oxygen atoms in total. The quantitative estimate of drug-likeness (QED) is 0.168. The zero-order valence-corrected chi connectivity index (χ0v) is 33.2. The minimum Gasteiger partial charge on any atom is -0.309 e. The fourth-order valence-corrected chi connectivity index (χ4v) is 9.18. The summed E-state index contributed by atoms with van der Waals surface area (Å²) in [6, 6.07) is 80.6. The molecule has 0 bridgehead atoms. The van der Waals surface area contributed by atoms with E-state index >= 15 is 0 Å². The van der Waals surface area contributed by atoms with Crippen molar-refractivity contribution >= 4 is 54.1 Å². The van der Waals surface area contributed by atoms with Gasteiger partial charge in [-0.3, -0.25) is 0 Å². The van der Waals surface area contributed by atoms with E-state index in [1.54, 1.807) is 0 Å². The topological polar surface area (TPSA) is 30.7 Å². The van der Waals surface area contributed by atoms with Gasteiger partial charge in [0, 0.05) is 33.2 Å². The number of hydrogen-bond donors (Lipinski definition) is 0. The van der Waals surface area contributed by atoms with Crippen LogP contribution in [-0.4, -0.2) is 14.5 Å². The van der Waals surface area contributed by atoms with Crippen LogP contribution in [0.4, 0.5) is 0 Å². The number of hydrogen-bond acceptors (Lipinski definition) is 2. The third-order valence-corrected chi connectivity index (χ3v) is 12.2. The fourth-order valence-electron chi connectivity index (χ4n) is 9.18. The van der Waals surface area contributed by atoms with Gasteiger partial charge in [-0.1, -0.05) is 164 Å². The van der Waals surface area contributed by atoms with Crippen LogP contribution in [0.25, 0.3) is 116 Å². The second kappa shape index (κ2) is 14.3. The van der Waals surface area contributed by atoms with Crippen LogP contribution in [0, 0.1) is 0 Å². The number of fused-ring (bicyclic) bond motifs is 7. The van der Waals surface area contributed by atoms with Crippen LogP contribution in [0.1, 0.15) is 0 Å². The minimum atomic E-state index is 0.701. The summed E-state index contributed by atoms with van der Waals surface area (Å²) in [6.45, 7) is 0. The van der Waals surface area contributed by atoms with Gasteiger partial charge in [-0.2, -0.15) is 0 Å². The van der Waals surface area contributed by atoms with Gasteiger partial charge in [0.1, 0.15) is 0 Å². The predicted molar refractivity (Wildman–Crippen MR) is 256 cm³/mol. The first-order valence-corrected chi connectivity index (χ1v) is 20.8. The molecule has 2 aromatic heterocycles. The van der Waals surface area contributed by atoms with Gasteiger partial charge in [-0.05, 0) is 115 Å². The molecule has 0 saturated heterocycles. The lowest BCUT2D eigenvalue weighted by Crippen LogP contribution is -1.97. The van der Waals surface area contributed by atoms with Crippen molar-refractivity contribution in [2.24, 2.45) is 0 Å². The van der Waals surface area contributed by atoms with Crippen molar-refractivity contribution in [3.8, 4) is 61.8 Å². The third-order valence-electron chi connectivity index (χ3n) is 12.2. The van der Waals surface area contributed by atoms with Crippen molar-refractivity contribution < 1.29 is 0 Å². The molecular weight excluding hydrogens is 739 g/mol. The van der Waals surface area contributed by atoms with E-state index in [1.165, 1.54) is 76.4 Å². The highest BCUT2D eigenvalue weighted by Crippen LogP contribution is 2.39. The van der Waals surface area contributed by atoms with E-state index in [0.717, 1.165) is 33.8 Å².